The summed E-state index contributed by atoms with van der Waals surface area (Å²) in [4.78, 5) is 29.2. The van der Waals surface area contributed by atoms with Crippen molar-refractivity contribution in [1.29, 1.82) is 0 Å². The Labute approximate surface area is 149 Å². The molecule has 2 amide bonds. The smallest absolute Gasteiger partial charge is 0.326 e. The van der Waals surface area contributed by atoms with E-state index in [0.29, 0.717) is 11.3 Å². The number of H-pyrrole nitrogens is 1. The number of carbonyl (C=O) groups excluding carboxylic acids is 2. The molecule has 1 unspecified atom stereocenters. The van der Waals surface area contributed by atoms with Crippen LogP contribution in [0, 0.1) is 5.82 Å². The number of carbonyl (C=O) groups is 2. The lowest BCUT2D eigenvalue weighted by Crippen LogP contribution is -2.37. The molecule has 0 spiro atoms. The van der Waals surface area contributed by atoms with Gasteiger partial charge in [0.05, 0.1) is 6.04 Å². The summed E-state index contributed by atoms with van der Waals surface area (Å²) in [7, 11) is 0. The predicted octanol–water partition coefficient (Wildman–Crippen LogP) is 4.37. The predicted molar refractivity (Wildman–Crippen MR) is 97.1 cm³/mol. The number of aromatic amines is 1. The number of benzene rings is 2. The van der Waals surface area contributed by atoms with Gasteiger partial charge in [-0.2, -0.15) is 0 Å². The number of hydrogen-bond donors (Lipinski definition) is 2. The highest BCUT2D eigenvalue weighted by atomic mass is 19.1. The number of fused-ring (bicyclic) bond motifs is 1. The molecule has 5 nitrogen and oxygen atoms in total. The maximum Gasteiger partial charge on any atom is 0.326 e. The van der Waals surface area contributed by atoms with Crippen molar-refractivity contribution in [3.8, 4) is 0 Å². The summed E-state index contributed by atoms with van der Waals surface area (Å²) >= 11 is 0. The molecule has 2 heterocycles. The van der Waals surface area contributed by atoms with Crippen molar-refractivity contribution in [3.63, 3.8) is 0 Å². The SMILES string of the molecule is O=C1C=CN(C(=O)Nc2ccc3cc[nH]c3c2)C(c2ccc(F)cc2)C1. The number of nitrogens with zero attached hydrogens (tertiary/aromatic N) is 1. The van der Waals surface area contributed by atoms with E-state index in [9.17, 15) is 14.0 Å². The topological polar surface area (TPSA) is 65.2 Å². The van der Waals surface area contributed by atoms with Crippen molar-refractivity contribution in [1.82, 2.24) is 9.88 Å². The van der Waals surface area contributed by atoms with Crippen LogP contribution in [0.2, 0.25) is 0 Å². The fourth-order valence-corrected chi connectivity index (χ4v) is 3.11. The Bertz CT molecular complexity index is 1010. The average Bonchev–Trinajstić information content (AvgIpc) is 3.10. The van der Waals surface area contributed by atoms with Gasteiger partial charge in [0.25, 0.3) is 0 Å². The molecule has 0 saturated carbocycles. The highest BCUT2D eigenvalue weighted by molar-refractivity contribution is 5.97. The number of amides is 2. The van der Waals surface area contributed by atoms with Crippen LogP contribution in [0.15, 0.2) is 67.0 Å². The van der Waals surface area contributed by atoms with Crippen molar-refractivity contribution in [3.05, 3.63) is 78.4 Å². The first-order valence-electron chi connectivity index (χ1n) is 8.23. The van der Waals surface area contributed by atoms with Gasteiger partial charge in [0, 0.05) is 30.0 Å². The Hall–Kier alpha value is -3.41. The second-order valence-corrected chi connectivity index (χ2v) is 6.17. The Morgan fingerprint density at radius 1 is 1.15 bits per heavy atom. The lowest BCUT2D eigenvalue weighted by atomic mass is 9.97. The van der Waals surface area contributed by atoms with Crippen LogP contribution in [0.3, 0.4) is 0 Å². The number of nitrogens with one attached hydrogen (secondary N) is 2. The number of hydrogen-bond acceptors (Lipinski definition) is 2. The van der Waals surface area contributed by atoms with Gasteiger partial charge >= 0.3 is 6.03 Å². The van der Waals surface area contributed by atoms with E-state index in [1.165, 1.54) is 29.3 Å². The van der Waals surface area contributed by atoms with E-state index in [1.54, 1.807) is 12.1 Å². The standard InChI is InChI=1S/C20H16FN3O2/c21-15-4-1-14(2-5-15)19-12-17(25)8-10-24(19)20(26)23-16-6-3-13-7-9-22-18(13)11-16/h1-11,19,22H,12H2,(H,23,26). The molecule has 1 aliphatic heterocycles. The molecular weight excluding hydrogens is 333 g/mol. The highest BCUT2D eigenvalue weighted by Crippen LogP contribution is 2.29. The van der Waals surface area contributed by atoms with Crippen LogP contribution in [-0.4, -0.2) is 21.7 Å². The number of ketones is 1. The molecule has 26 heavy (non-hydrogen) atoms. The van der Waals surface area contributed by atoms with Crippen LogP contribution >= 0.6 is 0 Å². The number of halogens is 1. The van der Waals surface area contributed by atoms with Crippen molar-refractivity contribution < 1.29 is 14.0 Å². The molecule has 4 rings (SSSR count). The first kappa shape index (κ1) is 16.1. The molecule has 1 aliphatic rings. The summed E-state index contributed by atoms with van der Waals surface area (Å²) in [5.74, 6) is -0.433. The van der Waals surface area contributed by atoms with Gasteiger partial charge in [-0.3, -0.25) is 9.69 Å². The average molecular weight is 349 g/mol. The monoisotopic (exact) mass is 349 g/mol. The molecule has 0 fully saturated rings. The van der Waals surface area contributed by atoms with Crippen LogP contribution in [-0.2, 0) is 4.79 Å². The zero-order chi connectivity index (χ0) is 18.1. The van der Waals surface area contributed by atoms with Crippen molar-refractivity contribution in [2.24, 2.45) is 0 Å². The Morgan fingerprint density at radius 2 is 1.96 bits per heavy atom. The van der Waals surface area contributed by atoms with Gasteiger partial charge in [0.2, 0.25) is 0 Å². The zero-order valence-corrected chi connectivity index (χ0v) is 13.8. The molecule has 0 radical (unpaired) electrons. The molecule has 1 atom stereocenters. The maximum atomic E-state index is 13.2. The third-order valence-corrected chi connectivity index (χ3v) is 4.45. The van der Waals surface area contributed by atoms with Crippen LogP contribution < -0.4 is 5.32 Å². The summed E-state index contributed by atoms with van der Waals surface area (Å²) in [6.07, 6.45) is 4.85. The van der Waals surface area contributed by atoms with Gasteiger partial charge in [-0.05, 0) is 47.4 Å². The first-order chi connectivity index (χ1) is 12.6. The first-order valence-corrected chi connectivity index (χ1v) is 8.23. The van der Waals surface area contributed by atoms with Crippen molar-refractivity contribution in [2.75, 3.05) is 5.32 Å². The van der Waals surface area contributed by atoms with E-state index in [1.807, 2.05) is 30.5 Å². The molecular formula is C20H16FN3O2. The van der Waals surface area contributed by atoms with E-state index in [2.05, 4.69) is 10.3 Å². The van der Waals surface area contributed by atoms with Gasteiger partial charge in [-0.25, -0.2) is 9.18 Å². The summed E-state index contributed by atoms with van der Waals surface area (Å²) in [6, 6.07) is 12.5. The molecule has 3 aromatic rings. The van der Waals surface area contributed by atoms with E-state index in [-0.39, 0.29) is 24.1 Å². The third kappa shape index (κ3) is 3.09. The third-order valence-electron chi connectivity index (χ3n) is 4.45. The second kappa shape index (κ2) is 6.48. The minimum absolute atomic E-state index is 0.0730. The summed E-state index contributed by atoms with van der Waals surface area (Å²) in [6.45, 7) is 0. The number of urea groups is 1. The molecule has 130 valence electrons. The zero-order valence-electron chi connectivity index (χ0n) is 13.8. The molecule has 2 aromatic carbocycles. The van der Waals surface area contributed by atoms with Crippen LogP contribution in [0.4, 0.5) is 14.9 Å². The number of allylic oxidation sites excluding steroid dienone is 1. The van der Waals surface area contributed by atoms with Gasteiger partial charge in [-0.1, -0.05) is 18.2 Å². The number of anilines is 1. The second-order valence-electron chi connectivity index (χ2n) is 6.17. The van der Waals surface area contributed by atoms with Gasteiger partial charge in [-0.15, -0.1) is 0 Å². The summed E-state index contributed by atoms with van der Waals surface area (Å²) in [5.41, 5.74) is 2.27. The van der Waals surface area contributed by atoms with Crippen LogP contribution in [0.5, 0.6) is 0 Å². The molecule has 0 aliphatic carbocycles. The van der Waals surface area contributed by atoms with Gasteiger partial charge < -0.3 is 10.3 Å². The van der Waals surface area contributed by atoms with Gasteiger partial charge in [0.15, 0.2) is 5.78 Å². The molecule has 1 aromatic heterocycles. The number of rotatable bonds is 2. The Kier molecular flexibility index (Phi) is 4.01. The molecule has 0 saturated heterocycles. The highest BCUT2D eigenvalue weighted by Gasteiger charge is 2.28. The Morgan fingerprint density at radius 3 is 2.77 bits per heavy atom. The molecule has 2 N–H and O–H groups in total. The quantitative estimate of drug-likeness (QED) is 0.721. The summed E-state index contributed by atoms with van der Waals surface area (Å²) in [5, 5.41) is 3.90. The van der Waals surface area contributed by atoms with E-state index < -0.39 is 6.04 Å². The minimum atomic E-state index is -0.470. The van der Waals surface area contributed by atoms with E-state index >= 15 is 0 Å². The van der Waals surface area contributed by atoms with Crippen molar-refractivity contribution >= 4 is 28.4 Å². The lowest BCUT2D eigenvalue weighted by molar-refractivity contribution is -0.116. The fourth-order valence-electron chi connectivity index (χ4n) is 3.11. The van der Waals surface area contributed by atoms with Crippen LogP contribution in [0.1, 0.15) is 18.0 Å². The van der Waals surface area contributed by atoms with Crippen molar-refractivity contribution in [2.45, 2.75) is 12.5 Å². The number of aromatic nitrogens is 1. The fraction of sp³-hybridized carbons (Fsp3) is 0.100. The van der Waals surface area contributed by atoms with E-state index in [4.69, 9.17) is 0 Å². The molecule has 6 heteroatoms. The molecule has 0 bridgehead atoms. The lowest BCUT2D eigenvalue weighted by Gasteiger charge is -2.31. The van der Waals surface area contributed by atoms with Gasteiger partial charge in [0.1, 0.15) is 5.82 Å². The Balaban J connectivity index is 1.60. The summed E-state index contributed by atoms with van der Waals surface area (Å²) < 4.78 is 13.2. The normalized spacial score (nSPS) is 16.9. The van der Waals surface area contributed by atoms with Crippen LogP contribution in [0.25, 0.3) is 10.9 Å². The largest absolute Gasteiger partial charge is 0.361 e. The maximum absolute atomic E-state index is 13.2. The minimum Gasteiger partial charge on any atom is -0.361 e. The van der Waals surface area contributed by atoms with E-state index in [0.717, 1.165) is 10.9 Å².